The van der Waals surface area contributed by atoms with Gasteiger partial charge in [-0.25, -0.2) is 0 Å². The fraction of sp³-hybridized carbons (Fsp3) is 0.818. The molecule has 1 fully saturated rings. The zero-order chi connectivity index (χ0) is 12.3. The molecule has 2 rings (SSSR count). The summed E-state index contributed by atoms with van der Waals surface area (Å²) in [6, 6.07) is 0. The first-order valence-corrected chi connectivity index (χ1v) is 7.07. The fourth-order valence-corrected chi connectivity index (χ4v) is 2.95. The maximum absolute atomic E-state index is 6.12. The third-order valence-electron chi connectivity index (χ3n) is 2.84. The molecule has 1 aliphatic heterocycles. The van der Waals surface area contributed by atoms with Crippen LogP contribution in [0.15, 0.2) is 4.52 Å². The fourth-order valence-electron chi connectivity index (χ4n) is 1.74. The van der Waals surface area contributed by atoms with Crippen molar-refractivity contribution in [3.05, 3.63) is 11.7 Å². The Morgan fingerprint density at radius 3 is 3.12 bits per heavy atom. The Bertz CT molecular complexity index is 361. The van der Waals surface area contributed by atoms with Crippen LogP contribution in [0.25, 0.3) is 0 Å². The molecule has 2 heterocycles. The maximum Gasteiger partial charge on any atom is 0.230 e. The van der Waals surface area contributed by atoms with E-state index in [-0.39, 0.29) is 0 Å². The third kappa shape index (κ3) is 3.00. The molecule has 0 spiro atoms. The van der Waals surface area contributed by atoms with Crippen LogP contribution >= 0.6 is 11.8 Å². The summed E-state index contributed by atoms with van der Waals surface area (Å²) >= 11 is 1.92. The van der Waals surface area contributed by atoms with Gasteiger partial charge in [0, 0.05) is 18.3 Å². The topological polar surface area (TPSA) is 74.2 Å². The van der Waals surface area contributed by atoms with Gasteiger partial charge in [-0.1, -0.05) is 5.16 Å². The smallest absolute Gasteiger partial charge is 0.230 e. The Balaban J connectivity index is 2.05. The summed E-state index contributed by atoms with van der Waals surface area (Å²) in [7, 11) is 0. The summed E-state index contributed by atoms with van der Waals surface area (Å²) in [4.78, 5) is 4.42. The van der Waals surface area contributed by atoms with Gasteiger partial charge in [-0.2, -0.15) is 16.7 Å². The van der Waals surface area contributed by atoms with E-state index in [1.54, 1.807) is 0 Å². The normalized spacial score (nSPS) is 23.8. The van der Waals surface area contributed by atoms with E-state index in [1.807, 2.05) is 25.6 Å². The second-order valence-electron chi connectivity index (χ2n) is 4.57. The standard InChI is InChI=1S/C11H19N3O2S/c1-3-15-7-11(2,12)10-13-9(16-14-10)8-4-5-17-6-8/h8H,3-7,12H2,1-2H3. The molecule has 1 aliphatic rings. The number of nitrogens with two attached hydrogens (primary N) is 1. The molecule has 5 nitrogen and oxygen atoms in total. The maximum atomic E-state index is 6.12. The second-order valence-corrected chi connectivity index (χ2v) is 5.72. The third-order valence-corrected chi connectivity index (χ3v) is 4.00. The highest BCUT2D eigenvalue weighted by Gasteiger charge is 2.30. The number of aromatic nitrogens is 2. The average molecular weight is 257 g/mol. The Kier molecular flexibility index (Phi) is 4.06. The van der Waals surface area contributed by atoms with E-state index in [0.29, 0.717) is 25.0 Å². The quantitative estimate of drug-likeness (QED) is 0.861. The van der Waals surface area contributed by atoms with Gasteiger partial charge in [-0.15, -0.1) is 0 Å². The Morgan fingerprint density at radius 2 is 2.47 bits per heavy atom. The van der Waals surface area contributed by atoms with Crippen molar-refractivity contribution in [1.82, 2.24) is 10.1 Å². The number of hydrogen-bond donors (Lipinski definition) is 1. The van der Waals surface area contributed by atoms with Gasteiger partial charge in [0.05, 0.1) is 6.61 Å². The molecule has 1 saturated heterocycles. The van der Waals surface area contributed by atoms with E-state index in [1.165, 1.54) is 5.75 Å². The van der Waals surface area contributed by atoms with Crippen molar-refractivity contribution in [1.29, 1.82) is 0 Å². The first kappa shape index (κ1) is 12.9. The van der Waals surface area contributed by atoms with Crippen LogP contribution in [-0.2, 0) is 10.3 Å². The summed E-state index contributed by atoms with van der Waals surface area (Å²) in [6.07, 6.45) is 1.11. The van der Waals surface area contributed by atoms with E-state index in [9.17, 15) is 0 Å². The highest BCUT2D eigenvalue weighted by atomic mass is 32.2. The van der Waals surface area contributed by atoms with Crippen molar-refractivity contribution in [2.75, 3.05) is 24.7 Å². The molecule has 0 saturated carbocycles. The molecular weight excluding hydrogens is 238 g/mol. The summed E-state index contributed by atoms with van der Waals surface area (Å²) < 4.78 is 10.6. The molecule has 6 heteroatoms. The van der Waals surface area contributed by atoms with Crippen LogP contribution in [0.5, 0.6) is 0 Å². The van der Waals surface area contributed by atoms with Crippen molar-refractivity contribution in [2.24, 2.45) is 5.73 Å². The lowest BCUT2D eigenvalue weighted by atomic mass is 10.0. The van der Waals surface area contributed by atoms with Crippen LogP contribution in [0.4, 0.5) is 0 Å². The van der Waals surface area contributed by atoms with E-state index in [0.717, 1.165) is 18.1 Å². The van der Waals surface area contributed by atoms with Gasteiger partial charge in [0.2, 0.25) is 5.89 Å². The number of thioether (sulfide) groups is 1. The molecule has 0 radical (unpaired) electrons. The van der Waals surface area contributed by atoms with Crippen LogP contribution < -0.4 is 5.73 Å². The van der Waals surface area contributed by atoms with E-state index >= 15 is 0 Å². The van der Waals surface area contributed by atoms with E-state index < -0.39 is 5.54 Å². The minimum Gasteiger partial charge on any atom is -0.379 e. The van der Waals surface area contributed by atoms with Crippen molar-refractivity contribution in [3.63, 3.8) is 0 Å². The van der Waals surface area contributed by atoms with Crippen molar-refractivity contribution in [3.8, 4) is 0 Å². The second kappa shape index (κ2) is 5.37. The van der Waals surface area contributed by atoms with Crippen molar-refractivity contribution in [2.45, 2.75) is 31.7 Å². The highest BCUT2D eigenvalue weighted by Crippen LogP contribution is 2.31. The molecule has 2 N–H and O–H groups in total. The monoisotopic (exact) mass is 257 g/mol. The Labute approximate surface area is 105 Å². The lowest BCUT2D eigenvalue weighted by Crippen LogP contribution is -2.39. The molecule has 2 unspecified atom stereocenters. The summed E-state index contributed by atoms with van der Waals surface area (Å²) in [5.41, 5.74) is 5.44. The van der Waals surface area contributed by atoms with Gasteiger partial charge in [0.15, 0.2) is 5.82 Å². The minimum absolute atomic E-state index is 0.393. The van der Waals surface area contributed by atoms with Crippen LogP contribution in [0.3, 0.4) is 0 Å². The van der Waals surface area contributed by atoms with Crippen LogP contribution in [-0.4, -0.2) is 34.9 Å². The summed E-state index contributed by atoms with van der Waals surface area (Å²) in [5, 5.41) is 3.98. The number of rotatable bonds is 5. The molecule has 17 heavy (non-hydrogen) atoms. The van der Waals surface area contributed by atoms with Gasteiger partial charge in [0.25, 0.3) is 0 Å². The Morgan fingerprint density at radius 1 is 1.65 bits per heavy atom. The van der Waals surface area contributed by atoms with Gasteiger partial charge in [0.1, 0.15) is 5.54 Å². The van der Waals surface area contributed by atoms with Crippen LogP contribution in [0, 0.1) is 0 Å². The summed E-state index contributed by atoms with van der Waals surface area (Å²) in [5.74, 6) is 3.88. The predicted octanol–water partition coefficient (Wildman–Crippen LogP) is 1.50. The summed E-state index contributed by atoms with van der Waals surface area (Å²) in [6.45, 7) is 4.84. The van der Waals surface area contributed by atoms with Gasteiger partial charge >= 0.3 is 0 Å². The molecule has 1 aromatic rings. The lowest BCUT2D eigenvalue weighted by Gasteiger charge is -2.19. The van der Waals surface area contributed by atoms with E-state index in [2.05, 4.69) is 10.1 Å². The average Bonchev–Trinajstić information content (AvgIpc) is 2.95. The largest absolute Gasteiger partial charge is 0.379 e. The SMILES string of the molecule is CCOCC(C)(N)c1noc(C2CCSC2)n1. The Hall–Kier alpha value is -0.590. The van der Waals surface area contributed by atoms with Gasteiger partial charge < -0.3 is 15.0 Å². The molecular formula is C11H19N3O2S. The molecule has 0 aliphatic carbocycles. The predicted molar refractivity (Wildman–Crippen MR) is 67.0 cm³/mol. The molecule has 2 atom stereocenters. The highest BCUT2D eigenvalue weighted by molar-refractivity contribution is 7.99. The molecule has 1 aromatic heterocycles. The molecule has 96 valence electrons. The zero-order valence-electron chi connectivity index (χ0n) is 10.3. The first-order valence-electron chi connectivity index (χ1n) is 5.92. The molecule has 0 bridgehead atoms. The zero-order valence-corrected chi connectivity index (χ0v) is 11.1. The van der Waals surface area contributed by atoms with Gasteiger partial charge in [-0.3, -0.25) is 0 Å². The van der Waals surface area contributed by atoms with Crippen LogP contribution in [0.2, 0.25) is 0 Å². The van der Waals surface area contributed by atoms with Gasteiger partial charge in [-0.05, 0) is 26.0 Å². The molecule has 0 amide bonds. The van der Waals surface area contributed by atoms with Crippen molar-refractivity contribution >= 4 is 11.8 Å². The minimum atomic E-state index is -0.677. The first-order chi connectivity index (χ1) is 8.13. The number of nitrogens with zero attached hydrogens (tertiary/aromatic N) is 2. The van der Waals surface area contributed by atoms with E-state index in [4.69, 9.17) is 15.0 Å². The van der Waals surface area contributed by atoms with Crippen molar-refractivity contribution < 1.29 is 9.26 Å². The number of hydrogen-bond acceptors (Lipinski definition) is 6. The molecule has 0 aromatic carbocycles. The lowest BCUT2D eigenvalue weighted by molar-refractivity contribution is 0.0962. The van der Waals surface area contributed by atoms with Crippen LogP contribution in [0.1, 0.15) is 37.9 Å². The number of ether oxygens (including phenoxy) is 1.